The summed E-state index contributed by atoms with van der Waals surface area (Å²) in [6, 6.07) is 8.27. The van der Waals surface area contributed by atoms with Crippen molar-refractivity contribution in [1.29, 1.82) is 0 Å². The van der Waals surface area contributed by atoms with E-state index in [1.165, 1.54) is 0 Å². The maximum Gasteiger partial charge on any atom is 0.123 e. The molecule has 0 aliphatic carbocycles. The van der Waals surface area contributed by atoms with Gasteiger partial charge in [-0.3, -0.25) is 0 Å². The number of hydrogen-bond acceptors (Lipinski definition) is 5. The molecule has 1 aromatic heterocycles. The molecule has 0 bridgehead atoms. The number of methoxy groups -OCH3 is 1. The first kappa shape index (κ1) is 15.7. The Morgan fingerprint density at radius 1 is 1.27 bits per heavy atom. The van der Waals surface area contributed by atoms with Crippen LogP contribution in [0.5, 0.6) is 0 Å². The summed E-state index contributed by atoms with van der Waals surface area (Å²) in [5, 5.41) is 3.13. The summed E-state index contributed by atoms with van der Waals surface area (Å²) in [7, 11) is 1.77. The Kier molecular flexibility index (Phi) is 4.68. The molecule has 0 amide bonds. The van der Waals surface area contributed by atoms with Crippen LogP contribution in [0.1, 0.15) is 31.0 Å². The molecule has 22 heavy (non-hydrogen) atoms. The lowest BCUT2D eigenvalue weighted by Crippen LogP contribution is -2.35. The molecule has 1 aliphatic rings. The van der Waals surface area contributed by atoms with Gasteiger partial charge in [-0.25, -0.2) is 4.98 Å². The lowest BCUT2D eigenvalue weighted by Gasteiger charge is -2.34. The van der Waals surface area contributed by atoms with Gasteiger partial charge in [0.05, 0.1) is 5.69 Å². The molecule has 5 heteroatoms. The molecular formula is C17H19NO2S2. The first-order chi connectivity index (χ1) is 10.6. The van der Waals surface area contributed by atoms with Crippen LogP contribution in [-0.2, 0) is 15.1 Å². The van der Waals surface area contributed by atoms with Crippen molar-refractivity contribution in [2.75, 3.05) is 20.3 Å². The SMILES string of the molecule is COC1(c2csc(-c3ccc(C(C)=S)cc3)n2)CCOCC1. The fourth-order valence-corrected chi connectivity index (χ4v) is 3.78. The third kappa shape index (κ3) is 2.99. The minimum atomic E-state index is -0.294. The predicted molar refractivity (Wildman–Crippen MR) is 93.7 cm³/mol. The van der Waals surface area contributed by atoms with Crippen LogP contribution in [0.25, 0.3) is 10.6 Å². The molecule has 0 saturated carbocycles. The second kappa shape index (κ2) is 6.54. The summed E-state index contributed by atoms with van der Waals surface area (Å²) in [5.74, 6) is 0. The van der Waals surface area contributed by atoms with E-state index >= 15 is 0 Å². The van der Waals surface area contributed by atoms with Crippen LogP contribution in [0, 0.1) is 0 Å². The zero-order valence-corrected chi connectivity index (χ0v) is 14.4. The van der Waals surface area contributed by atoms with E-state index in [2.05, 4.69) is 29.6 Å². The Morgan fingerprint density at radius 3 is 2.55 bits per heavy atom. The van der Waals surface area contributed by atoms with Crippen LogP contribution >= 0.6 is 23.6 Å². The Bertz CT molecular complexity index is 658. The minimum Gasteiger partial charge on any atom is -0.381 e. The van der Waals surface area contributed by atoms with E-state index in [4.69, 9.17) is 26.7 Å². The molecule has 2 aromatic rings. The topological polar surface area (TPSA) is 31.4 Å². The minimum absolute atomic E-state index is 0.294. The van der Waals surface area contributed by atoms with Crippen LogP contribution < -0.4 is 0 Å². The Hall–Kier alpha value is -1.14. The molecule has 3 nitrogen and oxygen atoms in total. The van der Waals surface area contributed by atoms with E-state index in [9.17, 15) is 0 Å². The molecule has 3 rings (SSSR count). The normalized spacial score (nSPS) is 17.4. The number of thiazole rings is 1. The monoisotopic (exact) mass is 333 g/mol. The van der Waals surface area contributed by atoms with Gasteiger partial charge in [0, 0.05) is 49.0 Å². The number of benzene rings is 1. The second-order valence-electron chi connectivity index (χ2n) is 5.48. The van der Waals surface area contributed by atoms with Gasteiger partial charge in [0.2, 0.25) is 0 Å². The fraction of sp³-hybridized carbons (Fsp3) is 0.412. The van der Waals surface area contributed by atoms with Crippen LogP contribution in [-0.4, -0.2) is 30.2 Å². The molecule has 0 spiro atoms. The van der Waals surface area contributed by atoms with Gasteiger partial charge in [0.25, 0.3) is 0 Å². The lowest BCUT2D eigenvalue weighted by molar-refractivity contribution is -0.0969. The highest BCUT2D eigenvalue weighted by Crippen LogP contribution is 2.37. The largest absolute Gasteiger partial charge is 0.381 e. The van der Waals surface area contributed by atoms with Gasteiger partial charge in [-0.05, 0) is 12.5 Å². The molecule has 1 aromatic carbocycles. The van der Waals surface area contributed by atoms with E-state index in [1.54, 1.807) is 18.4 Å². The van der Waals surface area contributed by atoms with Gasteiger partial charge in [0.15, 0.2) is 0 Å². The van der Waals surface area contributed by atoms with Gasteiger partial charge < -0.3 is 9.47 Å². The van der Waals surface area contributed by atoms with Gasteiger partial charge in [-0.1, -0.05) is 36.5 Å². The molecule has 1 fully saturated rings. The van der Waals surface area contributed by atoms with E-state index in [1.807, 2.05) is 6.92 Å². The van der Waals surface area contributed by atoms with Crippen LogP contribution in [0.2, 0.25) is 0 Å². The van der Waals surface area contributed by atoms with Gasteiger partial charge >= 0.3 is 0 Å². The summed E-state index contributed by atoms with van der Waals surface area (Å²) in [6.07, 6.45) is 1.71. The summed E-state index contributed by atoms with van der Waals surface area (Å²) in [6.45, 7) is 3.39. The summed E-state index contributed by atoms with van der Waals surface area (Å²) in [5.41, 5.74) is 2.94. The molecule has 2 heterocycles. The zero-order chi connectivity index (χ0) is 15.6. The number of hydrogen-bond donors (Lipinski definition) is 0. The number of nitrogens with zero attached hydrogens (tertiary/aromatic N) is 1. The van der Waals surface area contributed by atoms with Crippen molar-refractivity contribution in [3.63, 3.8) is 0 Å². The van der Waals surface area contributed by atoms with E-state index in [-0.39, 0.29) is 5.60 Å². The number of rotatable bonds is 4. The van der Waals surface area contributed by atoms with Gasteiger partial charge in [-0.15, -0.1) is 11.3 Å². The average Bonchev–Trinajstić information content (AvgIpc) is 3.06. The van der Waals surface area contributed by atoms with Gasteiger partial charge in [0.1, 0.15) is 10.6 Å². The summed E-state index contributed by atoms with van der Waals surface area (Å²) >= 11 is 6.86. The lowest BCUT2D eigenvalue weighted by atomic mass is 9.91. The number of thiocarbonyl (C=S) groups is 1. The third-order valence-electron chi connectivity index (χ3n) is 4.20. The Labute approximate surface area is 140 Å². The molecule has 0 atom stereocenters. The van der Waals surface area contributed by atoms with Crippen molar-refractivity contribution in [3.05, 3.63) is 40.9 Å². The third-order valence-corrected chi connectivity index (χ3v) is 5.33. The highest BCUT2D eigenvalue weighted by Gasteiger charge is 2.36. The number of aromatic nitrogens is 1. The van der Waals surface area contributed by atoms with E-state index in [0.29, 0.717) is 0 Å². The standard InChI is InChI=1S/C17H19NO2S2/c1-12(21)13-3-5-14(6-4-13)16-18-15(11-22-16)17(19-2)7-9-20-10-8-17/h3-6,11H,7-10H2,1-2H3. The second-order valence-corrected chi connectivity index (χ2v) is 6.95. The molecule has 0 unspecified atom stereocenters. The molecule has 1 aliphatic heterocycles. The molecule has 1 saturated heterocycles. The van der Waals surface area contributed by atoms with Crippen LogP contribution in [0.3, 0.4) is 0 Å². The van der Waals surface area contributed by atoms with Crippen LogP contribution in [0.15, 0.2) is 29.6 Å². The fourth-order valence-electron chi connectivity index (χ4n) is 2.73. The first-order valence-electron chi connectivity index (χ1n) is 7.35. The van der Waals surface area contributed by atoms with Crippen molar-refractivity contribution >= 4 is 28.4 Å². The van der Waals surface area contributed by atoms with Crippen molar-refractivity contribution in [2.24, 2.45) is 0 Å². The van der Waals surface area contributed by atoms with Crippen molar-refractivity contribution in [1.82, 2.24) is 4.98 Å². The summed E-state index contributed by atoms with van der Waals surface area (Å²) in [4.78, 5) is 5.74. The summed E-state index contributed by atoms with van der Waals surface area (Å²) < 4.78 is 11.3. The van der Waals surface area contributed by atoms with Crippen LogP contribution in [0.4, 0.5) is 0 Å². The predicted octanol–water partition coefficient (Wildman–Crippen LogP) is 4.20. The van der Waals surface area contributed by atoms with E-state index < -0.39 is 0 Å². The quantitative estimate of drug-likeness (QED) is 0.620. The molecule has 116 valence electrons. The van der Waals surface area contributed by atoms with Crippen molar-refractivity contribution in [3.8, 4) is 10.6 Å². The maximum absolute atomic E-state index is 5.81. The Balaban J connectivity index is 1.88. The molecular weight excluding hydrogens is 314 g/mol. The van der Waals surface area contributed by atoms with Crippen molar-refractivity contribution in [2.45, 2.75) is 25.4 Å². The van der Waals surface area contributed by atoms with E-state index in [0.717, 1.165) is 52.7 Å². The first-order valence-corrected chi connectivity index (χ1v) is 8.64. The smallest absolute Gasteiger partial charge is 0.123 e. The maximum atomic E-state index is 5.81. The Morgan fingerprint density at radius 2 is 1.95 bits per heavy atom. The highest BCUT2D eigenvalue weighted by atomic mass is 32.1. The highest BCUT2D eigenvalue weighted by molar-refractivity contribution is 7.80. The molecule has 0 N–H and O–H groups in total. The van der Waals surface area contributed by atoms with Crippen molar-refractivity contribution < 1.29 is 9.47 Å². The number of ether oxygens (including phenoxy) is 2. The molecule has 0 radical (unpaired) electrons. The zero-order valence-electron chi connectivity index (χ0n) is 12.8. The average molecular weight is 333 g/mol. The van der Waals surface area contributed by atoms with Gasteiger partial charge in [-0.2, -0.15) is 0 Å².